The van der Waals surface area contributed by atoms with Crippen LogP contribution in [-0.2, 0) is 9.53 Å². The summed E-state index contributed by atoms with van der Waals surface area (Å²) in [5, 5.41) is 3.28. The molecule has 0 aromatic rings. The number of rotatable bonds is 4. The van der Waals surface area contributed by atoms with Crippen LogP contribution in [0.2, 0.25) is 0 Å². The van der Waals surface area contributed by atoms with Crippen molar-refractivity contribution in [2.75, 3.05) is 13.1 Å². The molecule has 1 N–H and O–H groups in total. The number of ether oxygens (including phenoxy) is 1. The van der Waals surface area contributed by atoms with Gasteiger partial charge in [0, 0.05) is 13.0 Å². The highest BCUT2D eigenvalue weighted by atomic mass is 16.5. The van der Waals surface area contributed by atoms with Gasteiger partial charge >= 0.3 is 5.97 Å². The molecule has 0 unspecified atom stereocenters. The van der Waals surface area contributed by atoms with Crippen molar-refractivity contribution in [3.05, 3.63) is 11.6 Å². The van der Waals surface area contributed by atoms with Crippen molar-refractivity contribution >= 4 is 5.97 Å². The van der Waals surface area contributed by atoms with Crippen LogP contribution in [0.5, 0.6) is 0 Å². The minimum absolute atomic E-state index is 0.000889. The minimum atomic E-state index is -0.0912. The van der Waals surface area contributed by atoms with Crippen molar-refractivity contribution < 1.29 is 9.53 Å². The number of carbonyl (C=O) groups is 1. The first kappa shape index (κ1) is 11.2. The summed E-state index contributed by atoms with van der Waals surface area (Å²) in [5.74, 6) is -0.0912. The summed E-state index contributed by atoms with van der Waals surface area (Å²) >= 11 is 0. The number of carbonyl (C=O) groups excluding carboxylic acids is 1. The first-order valence-corrected chi connectivity index (χ1v) is 5.26. The van der Waals surface area contributed by atoms with Crippen LogP contribution in [0.3, 0.4) is 0 Å². The van der Waals surface area contributed by atoms with Gasteiger partial charge in [0.2, 0.25) is 0 Å². The Balaban J connectivity index is 2.19. The van der Waals surface area contributed by atoms with E-state index in [1.807, 2.05) is 13.8 Å². The molecule has 0 fully saturated rings. The molecular weight excluding hydrogens is 178 g/mol. The first-order valence-electron chi connectivity index (χ1n) is 5.26. The number of hydrogen-bond acceptors (Lipinski definition) is 3. The Morgan fingerprint density at radius 1 is 1.64 bits per heavy atom. The van der Waals surface area contributed by atoms with E-state index in [-0.39, 0.29) is 12.1 Å². The maximum Gasteiger partial charge on any atom is 0.306 e. The zero-order chi connectivity index (χ0) is 10.4. The average molecular weight is 197 g/mol. The van der Waals surface area contributed by atoms with Crippen LogP contribution >= 0.6 is 0 Å². The highest BCUT2D eigenvalue weighted by molar-refractivity contribution is 5.69. The highest BCUT2D eigenvalue weighted by Gasteiger charge is 2.08. The van der Waals surface area contributed by atoms with Crippen LogP contribution in [0.4, 0.5) is 0 Å². The predicted molar refractivity (Wildman–Crippen MR) is 56.0 cm³/mol. The van der Waals surface area contributed by atoms with Crippen molar-refractivity contribution in [1.29, 1.82) is 0 Å². The van der Waals surface area contributed by atoms with E-state index in [0.29, 0.717) is 6.42 Å². The molecule has 0 aromatic carbocycles. The van der Waals surface area contributed by atoms with Crippen LogP contribution in [0.15, 0.2) is 11.6 Å². The monoisotopic (exact) mass is 197 g/mol. The molecule has 1 rings (SSSR count). The fourth-order valence-corrected chi connectivity index (χ4v) is 1.47. The van der Waals surface area contributed by atoms with Gasteiger partial charge in [-0.1, -0.05) is 11.6 Å². The maximum absolute atomic E-state index is 11.2. The van der Waals surface area contributed by atoms with Gasteiger partial charge in [0.15, 0.2) is 0 Å². The molecule has 0 bridgehead atoms. The quantitative estimate of drug-likeness (QED) is 0.550. The number of hydrogen-bond donors (Lipinski definition) is 1. The van der Waals surface area contributed by atoms with Gasteiger partial charge in [-0.15, -0.1) is 0 Å². The molecular formula is C11H19NO2. The van der Waals surface area contributed by atoms with Crippen LogP contribution in [0.25, 0.3) is 0 Å². The van der Waals surface area contributed by atoms with Crippen molar-refractivity contribution in [3.63, 3.8) is 0 Å². The van der Waals surface area contributed by atoms with Crippen LogP contribution in [0, 0.1) is 0 Å². The summed E-state index contributed by atoms with van der Waals surface area (Å²) < 4.78 is 5.05. The Hall–Kier alpha value is -0.830. The molecule has 1 aliphatic heterocycles. The van der Waals surface area contributed by atoms with E-state index in [9.17, 15) is 4.79 Å². The molecule has 0 spiro atoms. The smallest absolute Gasteiger partial charge is 0.306 e. The Morgan fingerprint density at radius 2 is 2.43 bits per heavy atom. The second-order valence-corrected chi connectivity index (χ2v) is 3.87. The van der Waals surface area contributed by atoms with Crippen molar-refractivity contribution in [2.24, 2.45) is 0 Å². The third-order valence-electron chi connectivity index (χ3n) is 2.12. The van der Waals surface area contributed by atoms with Crippen LogP contribution in [-0.4, -0.2) is 25.2 Å². The molecule has 1 aliphatic rings. The zero-order valence-electron chi connectivity index (χ0n) is 9.01. The Labute approximate surface area is 85.5 Å². The number of nitrogens with one attached hydrogen (secondary N) is 1. The van der Waals surface area contributed by atoms with E-state index in [2.05, 4.69) is 11.4 Å². The Bertz CT molecular complexity index is 221. The average Bonchev–Trinajstić information content (AvgIpc) is 2.15. The number of esters is 1. The minimum Gasteiger partial charge on any atom is -0.463 e. The lowest BCUT2D eigenvalue weighted by molar-refractivity contribution is -0.147. The van der Waals surface area contributed by atoms with Gasteiger partial charge in [-0.2, -0.15) is 0 Å². The SMILES string of the molecule is CC(C)OC(=O)CCC1=CCCNC1. The van der Waals surface area contributed by atoms with Gasteiger partial charge in [-0.3, -0.25) is 4.79 Å². The second kappa shape index (κ2) is 5.81. The standard InChI is InChI=1S/C11H19NO2/c1-9(2)14-11(13)6-5-10-4-3-7-12-8-10/h4,9,12H,3,5-8H2,1-2H3. The van der Waals surface area contributed by atoms with Gasteiger partial charge in [0.25, 0.3) is 0 Å². The van der Waals surface area contributed by atoms with E-state index in [1.165, 1.54) is 5.57 Å². The fourth-order valence-electron chi connectivity index (χ4n) is 1.47. The van der Waals surface area contributed by atoms with Crippen LogP contribution in [0.1, 0.15) is 33.1 Å². The van der Waals surface area contributed by atoms with Crippen molar-refractivity contribution in [3.8, 4) is 0 Å². The van der Waals surface area contributed by atoms with E-state index in [4.69, 9.17) is 4.74 Å². The third-order valence-corrected chi connectivity index (χ3v) is 2.12. The summed E-state index contributed by atoms with van der Waals surface area (Å²) in [6.07, 6.45) is 4.64. The van der Waals surface area contributed by atoms with Gasteiger partial charge in [0.1, 0.15) is 0 Å². The maximum atomic E-state index is 11.2. The molecule has 0 atom stereocenters. The van der Waals surface area contributed by atoms with Crippen LogP contribution < -0.4 is 5.32 Å². The lowest BCUT2D eigenvalue weighted by Crippen LogP contribution is -2.22. The molecule has 0 radical (unpaired) electrons. The summed E-state index contributed by atoms with van der Waals surface area (Å²) in [7, 11) is 0. The molecule has 3 heteroatoms. The molecule has 80 valence electrons. The summed E-state index contributed by atoms with van der Waals surface area (Å²) in [6.45, 7) is 5.73. The fraction of sp³-hybridized carbons (Fsp3) is 0.727. The summed E-state index contributed by atoms with van der Waals surface area (Å²) in [5.41, 5.74) is 1.33. The van der Waals surface area contributed by atoms with Gasteiger partial charge in [-0.25, -0.2) is 0 Å². The van der Waals surface area contributed by atoms with Gasteiger partial charge in [-0.05, 0) is 33.2 Å². The molecule has 0 aromatic heterocycles. The van der Waals surface area contributed by atoms with E-state index in [1.54, 1.807) is 0 Å². The highest BCUT2D eigenvalue weighted by Crippen LogP contribution is 2.09. The van der Waals surface area contributed by atoms with E-state index < -0.39 is 0 Å². The van der Waals surface area contributed by atoms with Crippen molar-refractivity contribution in [2.45, 2.75) is 39.2 Å². The Kier molecular flexibility index (Phi) is 4.66. The predicted octanol–water partition coefficient (Wildman–Crippen LogP) is 1.64. The summed E-state index contributed by atoms with van der Waals surface area (Å²) in [6, 6.07) is 0. The molecule has 0 amide bonds. The zero-order valence-corrected chi connectivity index (χ0v) is 9.01. The topological polar surface area (TPSA) is 38.3 Å². The van der Waals surface area contributed by atoms with Gasteiger partial charge in [0.05, 0.1) is 6.10 Å². The van der Waals surface area contributed by atoms with Gasteiger partial charge < -0.3 is 10.1 Å². The van der Waals surface area contributed by atoms with E-state index in [0.717, 1.165) is 25.9 Å². The second-order valence-electron chi connectivity index (χ2n) is 3.87. The van der Waals surface area contributed by atoms with Crippen molar-refractivity contribution in [1.82, 2.24) is 5.32 Å². The first-order chi connectivity index (χ1) is 6.68. The molecule has 14 heavy (non-hydrogen) atoms. The largest absolute Gasteiger partial charge is 0.463 e. The Morgan fingerprint density at radius 3 is 3.00 bits per heavy atom. The normalized spacial score (nSPS) is 16.6. The lowest BCUT2D eigenvalue weighted by Gasteiger charge is -2.14. The third kappa shape index (κ3) is 4.42. The molecule has 0 saturated heterocycles. The lowest BCUT2D eigenvalue weighted by atomic mass is 10.1. The molecule has 0 saturated carbocycles. The summed E-state index contributed by atoms with van der Waals surface area (Å²) in [4.78, 5) is 11.2. The molecule has 1 heterocycles. The molecule has 0 aliphatic carbocycles. The molecule has 3 nitrogen and oxygen atoms in total. The van der Waals surface area contributed by atoms with E-state index >= 15 is 0 Å².